The van der Waals surface area contributed by atoms with Crippen LogP contribution in [-0.2, 0) is 21.3 Å². The highest BCUT2D eigenvalue weighted by Crippen LogP contribution is 2.28. The highest BCUT2D eigenvalue weighted by Gasteiger charge is 2.29. The van der Waals surface area contributed by atoms with Gasteiger partial charge in [0.25, 0.3) is 0 Å². The Morgan fingerprint density at radius 2 is 2.12 bits per heavy atom. The maximum Gasteiger partial charge on any atom is 0.412 e. The van der Waals surface area contributed by atoms with Gasteiger partial charge in [0.05, 0.1) is 37.1 Å². The van der Waals surface area contributed by atoms with Crippen molar-refractivity contribution >= 4 is 17.9 Å². The van der Waals surface area contributed by atoms with E-state index >= 15 is 0 Å². The van der Waals surface area contributed by atoms with Crippen molar-refractivity contribution in [3.63, 3.8) is 0 Å². The predicted octanol–water partition coefficient (Wildman–Crippen LogP) is 2.79. The van der Waals surface area contributed by atoms with Crippen molar-refractivity contribution < 1.29 is 28.9 Å². The third kappa shape index (κ3) is 5.94. The first-order chi connectivity index (χ1) is 15.4. The van der Waals surface area contributed by atoms with Gasteiger partial charge < -0.3 is 19.3 Å². The van der Waals surface area contributed by atoms with E-state index in [9.17, 15) is 14.7 Å². The van der Waals surface area contributed by atoms with Gasteiger partial charge in [-0.25, -0.2) is 14.5 Å². The highest BCUT2D eigenvalue weighted by molar-refractivity contribution is 5.88. The SMILES string of the molecule is CCCCCOC(=O)Nc1c(-c2ccc(OC3COCC(C(=O)O)C3)c(C)n2)nnn1C. The van der Waals surface area contributed by atoms with E-state index in [1.807, 2.05) is 0 Å². The molecule has 0 aromatic carbocycles. The zero-order valence-electron chi connectivity index (χ0n) is 18.5. The molecular formula is C21H29N5O6. The molecule has 0 radical (unpaired) electrons. The Hall–Kier alpha value is -3.21. The summed E-state index contributed by atoms with van der Waals surface area (Å²) >= 11 is 0. The van der Waals surface area contributed by atoms with Gasteiger partial charge in [0, 0.05) is 13.5 Å². The smallest absolute Gasteiger partial charge is 0.412 e. The summed E-state index contributed by atoms with van der Waals surface area (Å²) in [5, 5.41) is 20.0. The maximum atomic E-state index is 12.1. The Morgan fingerprint density at radius 1 is 1.31 bits per heavy atom. The van der Waals surface area contributed by atoms with E-state index in [1.54, 1.807) is 26.1 Å². The first-order valence-corrected chi connectivity index (χ1v) is 10.7. The molecule has 0 spiro atoms. The number of pyridine rings is 1. The molecule has 1 aliphatic rings. The quantitative estimate of drug-likeness (QED) is 0.556. The van der Waals surface area contributed by atoms with Crippen molar-refractivity contribution in [3.8, 4) is 17.1 Å². The Labute approximate surface area is 186 Å². The molecule has 2 N–H and O–H groups in total. The van der Waals surface area contributed by atoms with Gasteiger partial charge in [0.2, 0.25) is 0 Å². The van der Waals surface area contributed by atoms with Gasteiger partial charge in [-0.05, 0) is 25.5 Å². The van der Waals surface area contributed by atoms with Crippen molar-refractivity contribution in [2.24, 2.45) is 13.0 Å². The van der Waals surface area contributed by atoms with Gasteiger partial charge in [-0.2, -0.15) is 0 Å². The number of hydrogen-bond acceptors (Lipinski definition) is 8. The van der Waals surface area contributed by atoms with Crippen LogP contribution in [0.5, 0.6) is 5.75 Å². The summed E-state index contributed by atoms with van der Waals surface area (Å²) in [4.78, 5) is 27.9. The van der Waals surface area contributed by atoms with Gasteiger partial charge in [0.1, 0.15) is 11.9 Å². The molecule has 11 heteroatoms. The molecule has 2 aromatic rings. The lowest BCUT2D eigenvalue weighted by Crippen LogP contribution is -2.37. The van der Waals surface area contributed by atoms with Crippen LogP contribution in [0.25, 0.3) is 11.4 Å². The molecule has 174 valence electrons. The number of nitrogens with zero attached hydrogens (tertiary/aromatic N) is 4. The molecule has 1 saturated heterocycles. The molecule has 1 fully saturated rings. The summed E-state index contributed by atoms with van der Waals surface area (Å²) in [5.74, 6) is -0.579. The Balaban J connectivity index is 1.68. The van der Waals surface area contributed by atoms with E-state index in [4.69, 9.17) is 14.2 Å². The second-order valence-electron chi connectivity index (χ2n) is 7.71. The molecule has 3 heterocycles. The number of aliphatic carboxylic acids is 1. The van der Waals surface area contributed by atoms with Crippen LogP contribution < -0.4 is 10.1 Å². The van der Waals surface area contributed by atoms with Crippen molar-refractivity contribution in [2.45, 2.75) is 45.6 Å². The first kappa shape index (κ1) is 23.5. The van der Waals surface area contributed by atoms with Crippen LogP contribution in [0.4, 0.5) is 10.6 Å². The third-order valence-electron chi connectivity index (χ3n) is 5.12. The number of nitrogens with one attached hydrogen (secondary N) is 1. The number of amides is 1. The van der Waals surface area contributed by atoms with E-state index in [1.165, 1.54) is 4.68 Å². The molecule has 0 bridgehead atoms. The molecular weight excluding hydrogens is 418 g/mol. The molecule has 0 saturated carbocycles. The number of unbranched alkanes of at least 4 members (excludes halogenated alkanes) is 2. The molecule has 11 nitrogen and oxygen atoms in total. The van der Waals surface area contributed by atoms with Crippen LogP contribution >= 0.6 is 0 Å². The predicted molar refractivity (Wildman–Crippen MR) is 114 cm³/mol. The van der Waals surface area contributed by atoms with E-state index in [-0.39, 0.29) is 12.7 Å². The molecule has 0 aliphatic carbocycles. The van der Waals surface area contributed by atoms with Crippen molar-refractivity contribution in [1.29, 1.82) is 0 Å². The van der Waals surface area contributed by atoms with Crippen LogP contribution in [0.15, 0.2) is 12.1 Å². The van der Waals surface area contributed by atoms with Crippen molar-refractivity contribution in [1.82, 2.24) is 20.0 Å². The summed E-state index contributed by atoms with van der Waals surface area (Å²) < 4.78 is 17.9. The number of ether oxygens (including phenoxy) is 3. The van der Waals surface area contributed by atoms with Gasteiger partial charge in [-0.3, -0.25) is 10.1 Å². The summed E-state index contributed by atoms with van der Waals surface area (Å²) in [6.07, 6.45) is 2.27. The first-order valence-electron chi connectivity index (χ1n) is 10.7. The number of carboxylic acids is 1. The van der Waals surface area contributed by atoms with Gasteiger partial charge in [-0.15, -0.1) is 5.10 Å². The van der Waals surface area contributed by atoms with E-state index in [0.717, 1.165) is 19.3 Å². The second kappa shape index (κ2) is 10.9. The van der Waals surface area contributed by atoms with Crippen LogP contribution in [-0.4, -0.2) is 63.1 Å². The largest absolute Gasteiger partial charge is 0.486 e. The molecule has 2 atom stereocenters. The van der Waals surface area contributed by atoms with E-state index < -0.39 is 18.0 Å². The van der Waals surface area contributed by atoms with E-state index in [0.29, 0.717) is 48.3 Å². The van der Waals surface area contributed by atoms with Crippen molar-refractivity contribution in [2.75, 3.05) is 25.1 Å². The number of carbonyl (C=O) groups is 2. The monoisotopic (exact) mass is 447 g/mol. The Morgan fingerprint density at radius 3 is 2.84 bits per heavy atom. The van der Waals surface area contributed by atoms with Crippen LogP contribution in [0.3, 0.4) is 0 Å². The number of rotatable bonds is 9. The lowest BCUT2D eigenvalue weighted by Gasteiger charge is -2.27. The lowest BCUT2D eigenvalue weighted by atomic mass is 10.0. The zero-order chi connectivity index (χ0) is 23.1. The van der Waals surface area contributed by atoms with Crippen LogP contribution in [0, 0.1) is 12.8 Å². The van der Waals surface area contributed by atoms with Gasteiger partial charge in [-0.1, -0.05) is 25.0 Å². The lowest BCUT2D eigenvalue weighted by molar-refractivity contribution is -0.149. The normalized spacial score (nSPS) is 18.2. The number of carbonyl (C=O) groups excluding carboxylic acids is 1. The fourth-order valence-electron chi connectivity index (χ4n) is 3.35. The fourth-order valence-corrected chi connectivity index (χ4v) is 3.35. The average Bonchev–Trinajstić information content (AvgIpc) is 3.13. The topological polar surface area (TPSA) is 138 Å². The number of aryl methyl sites for hydroxylation is 2. The summed E-state index contributed by atoms with van der Waals surface area (Å²) in [5.41, 5.74) is 1.51. The standard InChI is InChI=1S/C21H29N5O6/c1-4-5-6-9-31-21(29)23-19-18(24-25-26(19)3)16-7-8-17(13(2)22-16)32-15-10-14(20(27)28)11-30-12-15/h7-8,14-15H,4-6,9-12H2,1-3H3,(H,23,29)(H,27,28). The summed E-state index contributed by atoms with van der Waals surface area (Å²) in [6, 6.07) is 3.45. The minimum absolute atomic E-state index is 0.189. The fraction of sp³-hybridized carbons (Fsp3) is 0.571. The van der Waals surface area contributed by atoms with Crippen molar-refractivity contribution in [3.05, 3.63) is 17.8 Å². The molecule has 32 heavy (non-hydrogen) atoms. The molecule has 3 rings (SSSR count). The second-order valence-corrected chi connectivity index (χ2v) is 7.71. The van der Waals surface area contributed by atoms with Gasteiger partial charge in [0.15, 0.2) is 11.5 Å². The molecule has 2 aromatic heterocycles. The summed E-state index contributed by atoms with van der Waals surface area (Å²) in [7, 11) is 1.66. The number of carboxylic acid groups (broad SMARTS) is 1. The van der Waals surface area contributed by atoms with Gasteiger partial charge >= 0.3 is 12.1 Å². The Bertz CT molecular complexity index is 947. The minimum Gasteiger partial charge on any atom is -0.486 e. The third-order valence-corrected chi connectivity index (χ3v) is 5.12. The summed E-state index contributed by atoms with van der Waals surface area (Å²) in [6.45, 7) is 4.72. The van der Waals surface area contributed by atoms with E-state index in [2.05, 4.69) is 27.5 Å². The number of hydrogen-bond donors (Lipinski definition) is 2. The maximum absolute atomic E-state index is 12.1. The molecule has 2 unspecified atom stereocenters. The minimum atomic E-state index is -0.893. The zero-order valence-corrected chi connectivity index (χ0v) is 18.5. The van der Waals surface area contributed by atoms with Crippen LogP contribution in [0.1, 0.15) is 38.3 Å². The number of anilines is 1. The average molecular weight is 447 g/mol. The molecule has 1 amide bonds. The van der Waals surface area contributed by atoms with Crippen LogP contribution in [0.2, 0.25) is 0 Å². The Kier molecular flexibility index (Phi) is 7.98. The molecule has 1 aliphatic heterocycles. The highest BCUT2D eigenvalue weighted by atomic mass is 16.5. The number of aromatic nitrogens is 4.